The van der Waals surface area contributed by atoms with Gasteiger partial charge in [-0.1, -0.05) is 18.2 Å². The first-order chi connectivity index (χ1) is 11.7. The van der Waals surface area contributed by atoms with Crippen LogP contribution in [0.5, 0.6) is 5.75 Å². The van der Waals surface area contributed by atoms with Crippen molar-refractivity contribution in [1.29, 1.82) is 0 Å². The molecule has 1 aromatic carbocycles. The molecule has 24 heavy (non-hydrogen) atoms. The lowest BCUT2D eigenvalue weighted by Crippen LogP contribution is -2.45. The second kappa shape index (κ2) is 6.63. The van der Waals surface area contributed by atoms with Gasteiger partial charge in [-0.3, -0.25) is 4.90 Å². The van der Waals surface area contributed by atoms with Crippen LogP contribution in [0.1, 0.15) is 44.1 Å². The van der Waals surface area contributed by atoms with Crippen LogP contribution < -0.4 is 4.74 Å². The van der Waals surface area contributed by atoms with Crippen LogP contribution in [0.15, 0.2) is 24.3 Å². The third kappa shape index (κ3) is 3.36. The Hall–Kier alpha value is -1.75. The van der Waals surface area contributed by atoms with Gasteiger partial charge in [-0.15, -0.1) is 0 Å². The van der Waals surface area contributed by atoms with Crippen molar-refractivity contribution in [1.82, 2.24) is 4.90 Å². The van der Waals surface area contributed by atoms with Crippen LogP contribution in [-0.2, 0) is 16.0 Å². The van der Waals surface area contributed by atoms with Crippen molar-refractivity contribution in [3.05, 3.63) is 29.8 Å². The number of rotatable bonds is 4. The van der Waals surface area contributed by atoms with E-state index in [4.69, 9.17) is 14.2 Å². The SMILES string of the molecule is O=C1OCC2(CCN(Cc3ccccc3OC3CCCC3)CC2)O1. The largest absolute Gasteiger partial charge is 0.509 e. The predicted octanol–water partition coefficient (Wildman–Crippen LogP) is 3.51. The summed E-state index contributed by atoms with van der Waals surface area (Å²) < 4.78 is 16.6. The number of nitrogens with zero attached hydrogens (tertiary/aromatic N) is 1. The van der Waals surface area contributed by atoms with E-state index < -0.39 is 6.16 Å². The number of benzene rings is 1. The zero-order valence-corrected chi connectivity index (χ0v) is 14.0. The highest BCUT2D eigenvalue weighted by Gasteiger charge is 2.44. The minimum absolute atomic E-state index is 0.380. The summed E-state index contributed by atoms with van der Waals surface area (Å²) >= 11 is 0. The average molecular weight is 331 g/mol. The molecule has 0 bridgehead atoms. The van der Waals surface area contributed by atoms with Crippen LogP contribution in [-0.4, -0.2) is 42.5 Å². The Bertz CT molecular complexity index is 589. The van der Waals surface area contributed by atoms with Gasteiger partial charge in [0.15, 0.2) is 5.60 Å². The van der Waals surface area contributed by atoms with Gasteiger partial charge in [0, 0.05) is 38.0 Å². The van der Waals surface area contributed by atoms with E-state index in [0.717, 1.165) is 38.2 Å². The lowest BCUT2D eigenvalue weighted by atomic mass is 9.92. The first-order valence-electron chi connectivity index (χ1n) is 9.05. The molecule has 5 nitrogen and oxygen atoms in total. The molecule has 1 spiro atoms. The maximum atomic E-state index is 11.2. The number of ether oxygens (including phenoxy) is 3. The molecular formula is C19H25NO4. The molecule has 130 valence electrons. The summed E-state index contributed by atoms with van der Waals surface area (Å²) in [4.78, 5) is 13.6. The molecule has 3 fully saturated rings. The minimum Gasteiger partial charge on any atom is -0.490 e. The topological polar surface area (TPSA) is 48.0 Å². The van der Waals surface area contributed by atoms with Gasteiger partial charge in [-0.25, -0.2) is 4.79 Å². The van der Waals surface area contributed by atoms with Crippen molar-refractivity contribution < 1.29 is 19.0 Å². The number of carbonyl (C=O) groups excluding carboxylic acids is 1. The fourth-order valence-electron chi connectivity index (χ4n) is 3.97. The van der Waals surface area contributed by atoms with Gasteiger partial charge in [0.25, 0.3) is 0 Å². The molecule has 0 amide bonds. The minimum atomic E-state index is -0.515. The van der Waals surface area contributed by atoms with Crippen LogP contribution in [0.3, 0.4) is 0 Å². The van der Waals surface area contributed by atoms with Gasteiger partial charge in [0.1, 0.15) is 12.4 Å². The van der Waals surface area contributed by atoms with Gasteiger partial charge in [0.2, 0.25) is 0 Å². The Labute approximate surface area is 142 Å². The average Bonchev–Trinajstić information content (AvgIpc) is 3.22. The molecule has 2 aliphatic heterocycles. The van der Waals surface area contributed by atoms with E-state index in [9.17, 15) is 4.79 Å². The molecule has 2 heterocycles. The maximum absolute atomic E-state index is 11.2. The molecule has 1 aliphatic carbocycles. The van der Waals surface area contributed by atoms with Gasteiger partial charge >= 0.3 is 6.16 Å². The van der Waals surface area contributed by atoms with Crippen LogP contribution in [0.25, 0.3) is 0 Å². The molecule has 0 aromatic heterocycles. The third-order valence-corrected chi connectivity index (χ3v) is 5.48. The summed E-state index contributed by atoms with van der Waals surface area (Å²) in [6.07, 6.45) is 6.45. The Morgan fingerprint density at radius 2 is 1.92 bits per heavy atom. The molecule has 0 radical (unpaired) electrons. The molecule has 0 atom stereocenters. The zero-order chi connectivity index (χ0) is 16.4. The molecule has 4 rings (SSSR count). The van der Waals surface area contributed by atoms with Crippen LogP contribution in [0.4, 0.5) is 4.79 Å². The molecule has 1 aromatic rings. The normalized spacial score (nSPS) is 24.1. The Morgan fingerprint density at radius 3 is 2.62 bits per heavy atom. The summed E-state index contributed by atoms with van der Waals surface area (Å²) in [5.74, 6) is 1.03. The number of para-hydroxylation sites is 1. The van der Waals surface area contributed by atoms with Crippen molar-refractivity contribution in [2.24, 2.45) is 0 Å². The number of carbonyl (C=O) groups is 1. The van der Waals surface area contributed by atoms with E-state index in [1.807, 2.05) is 6.07 Å². The van der Waals surface area contributed by atoms with Gasteiger partial charge in [-0.05, 0) is 31.7 Å². The highest BCUT2D eigenvalue weighted by molar-refractivity contribution is 5.62. The molecule has 5 heteroatoms. The van der Waals surface area contributed by atoms with Crippen molar-refractivity contribution in [2.45, 2.75) is 56.8 Å². The van der Waals surface area contributed by atoms with Crippen molar-refractivity contribution in [2.75, 3.05) is 19.7 Å². The Balaban J connectivity index is 1.37. The third-order valence-electron chi connectivity index (χ3n) is 5.48. The number of hydrogen-bond donors (Lipinski definition) is 0. The summed E-state index contributed by atoms with van der Waals surface area (Å²) in [7, 11) is 0. The summed E-state index contributed by atoms with van der Waals surface area (Å²) in [5, 5.41) is 0. The Kier molecular flexibility index (Phi) is 4.35. The van der Waals surface area contributed by atoms with Crippen LogP contribution in [0, 0.1) is 0 Å². The van der Waals surface area contributed by atoms with Crippen molar-refractivity contribution >= 4 is 6.16 Å². The highest BCUT2D eigenvalue weighted by Crippen LogP contribution is 2.33. The van der Waals surface area contributed by atoms with Crippen LogP contribution in [0.2, 0.25) is 0 Å². The quantitative estimate of drug-likeness (QED) is 0.790. The molecule has 0 N–H and O–H groups in total. The molecule has 1 saturated carbocycles. The molecular weight excluding hydrogens is 306 g/mol. The van der Waals surface area contributed by atoms with E-state index in [0.29, 0.717) is 12.7 Å². The number of piperidine rings is 1. The Morgan fingerprint density at radius 1 is 1.17 bits per heavy atom. The van der Waals surface area contributed by atoms with E-state index >= 15 is 0 Å². The number of likely N-dealkylation sites (tertiary alicyclic amines) is 1. The smallest absolute Gasteiger partial charge is 0.490 e. The molecule has 3 aliphatic rings. The van der Waals surface area contributed by atoms with E-state index in [1.54, 1.807) is 0 Å². The van der Waals surface area contributed by atoms with Crippen molar-refractivity contribution in [3.8, 4) is 5.75 Å². The standard InChI is InChI=1S/C19H25NO4/c21-18-22-14-19(24-18)9-11-20(12-10-19)13-15-5-1-4-8-17(15)23-16-6-2-3-7-16/h1,4-5,8,16H,2-3,6-7,9-14H2. The van der Waals surface area contributed by atoms with Gasteiger partial charge in [0.05, 0.1) is 6.10 Å². The summed E-state index contributed by atoms with van der Waals surface area (Å²) in [6.45, 7) is 3.11. The fraction of sp³-hybridized carbons (Fsp3) is 0.632. The second-order valence-corrected chi connectivity index (χ2v) is 7.23. The number of hydrogen-bond acceptors (Lipinski definition) is 5. The van der Waals surface area contributed by atoms with Gasteiger partial charge in [-0.2, -0.15) is 0 Å². The first-order valence-corrected chi connectivity index (χ1v) is 9.05. The highest BCUT2D eigenvalue weighted by atomic mass is 16.8. The first kappa shape index (κ1) is 15.8. The fourth-order valence-corrected chi connectivity index (χ4v) is 3.97. The van der Waals surface area contributed by atoms with E-state index in [-0.39, 0.29) is 5.60 Å². The second-order valence-electron chi connectivity index (χ2n) is 7.23. The predicted molar refractivity (Wildman–Crippen MR) is 89.0 cm³/mol. The summed E-state index contributed by atoms with van der Waals surface area (Å²) in [6, 6.07) is 8.38. The summed E-state index contributed by atoms with van der Waals surface area (Å²) in [5.41, 5.74) is 0.869. The van der Waals surface area contributed by atoms with E-state index in [1.165, 1.54) is 31.2 Å². The van der Waals surface area contributed by atoms with Crippen LogP contribution >= 0.6 is 0 Å². The molecule has 0 unspecified atom stereocenters. The van der Waals surface area contributed by atoms with E-state index in [2.05, 4.69) is 23.1 Å². The monoisotopic (exact) mass is 331 g/mol. The van der Waals surface area contributed by atoms with Crippen molar-refractivity contribution in [3.63, 3.8) is 0 Å². The lowest BCUT2D eigenvalue weighted by Gasteiger charge is -2.36. The maximum Gasteiger partial charge on any atom is 0.509 e. The number of cyclic esters (lactones) is 1. The molecule has 2 saturated heterocycles. The lowest BCUT2D eigenvalue weighted by molar-refractivity contribution is -0.00183. The zero-order valence-electron chi connectivity index (χ0n) is 14.0. The van der Waals surface area contributed by atoms with Gasteiger partial charge < -0.3 is 14.2 Å².